The fourth-order valence-corrected chi connectivity index (χ4v) is 6.87. The average Bonchev–Trinajstić information content (AvgIpc) is 3.16. The van der Waals surface area contributed by atoms with E-state index in [1.54, 1.807) is 0 Å². The fraction of sp³-hybridized carbons (Fsp3) is 0.609. The Morgan fingerprint density at radius 3 is 2.32 bits per heavy atom. The molecule has 4 aliphatic rings. The number of aromatic nitrogens is 2. The van der Waals surface area contributed by atoms with Crippen molar-refractivity contribution in [1.29, 1.82) is 0 Å². The Hall–Kier alpha value is -1.62. The van der Waals surface area contributed by atoms with Crippen molar-refractivity contribution < 1.29 is 9.21 Å². The molecule has 0 unspecified atom stereocenters. The van der Waals surface area contributed by atoms with E-state index in [4.69, 9.17) is 4.42 Å². The van der Waals surface area contributed by atoms with E-state index in [2.05, 4.69) is 29.3 Å². The number of rotatable bonds is 7. The molecule has 148 valence electrons. The zero-order chi connectivity index (χ0) is 19.1. The number of benzene rings is 1. The number of carbonyl (C=O) groups is 1. The second-order valence-corrected chi connectivity index (χ2v) is 10.2. The second kappa shape index (κ2) is 7.33. The molecule has 4 saturated carbocycles. The van der Waals surface area contributed by atoms with E-state index >= 15 is 0 Å². The summed E-state index contributed by atoms with van der Waals surface area (Å²) in [6.45, 7) is 2.16. The van der Waals surface area contributed by atoms with E-state index in [0.717, 1.165) is 42.0 Å². The molecule has 0 aliphatic heterocycles. The van der Waals surface area contributed by atoms with Crippen LogP contribution in [-0.2, 0) is 11.8 Å². The predicted molar refractivity (Wildman–Crippen MR) is 110 cm³/mol. The molecule has 6 rings (SSSR count). The summed E-state index contributed by atoms with van der Waals surface area (Å²) in [6, 6.07) is 7.98. The molecule has 2 aromatic rings. The Morgan fingerprint density at radius 2 is 1.71 bits per heavy atom. The third-order valence-electron chi connectivity index (χ3n) is 7.04. The summed E-state index contributed by atoms with van der Waals surface area (Å²) < 4.78 is 6.09. The van der Waals surface area contributed by atoms with Crippen LogP contribution in [0.3, 0.4) is 0 Å². The molecule has 0 saturated heterocycles. The summed E-state index contributed by atoms with van der Waals surface area (Å²) in [4.78, 5) is 12.5. The first-order valence-electron chi connectivity index (χ1n) is 10.7. The largest absolute Gasteiger partial charge is 0.415 e. The van der Waals surface area contributed by atoms with Crippen molar-refractivity contribution >= 4 is 17.5 Å². The van der Waals surface area contributed by atoms with Gasteiger partial charge in [-0.25, -0.2) is 0 Å². The van der Waals surface area contributed by atoms with Crippen molar-refractivity contribution in [2.45, 2.75) is 68.9 Å². The van der Waals surface area contributed by atoms with Crippen molar-refractivity contribution in [1.82, 2.24) is 10.2 Å². The van der Waals surface area contributed by atoms with Gasteiger partial charge in [0.25, 0.3) is 5.22 Å². The lowest BCUT2D eigenvalue weighted by Gasteiger charge is -2.55. The van der Waals surface area contributed by atoms with E-state index in [-0.39, 0.29) is 11.2 Å². The summed E-state index contributed by atoms with van der Waals surface area (Å²) in [5.41, 5.74) is 2.16. The number of hydrogen-bond acceptors (Lipinski definition) is 5. The molecule has 4 aliphatic carbocycles. The highest BCUT2D eigenvalue weighted by molar-refractivity contribution is 7.99. The topological polar surface area (TPSA) is 56.0 Å². The van der Waals surface area contributed by atoms with Gasteiger partial charge in [0.1, 0.15) is 0 Å². The van der Waals surface area contributed by atoms with E-state index < -0.39 is 0 Å². The molecular weight excluding hydrogens is 368 g/mol. The highest BCUT2D eigenvalue weighted by Crippen LogP contribution is 2.60. The van der Waals surface area contributed by atoms with Crippen molar-refractivity contribution in [3.63, 3.8) is 0 Å². The Bertz CT molecular complexity index is 822. The highest BCUT2D eigenvalue weighted by Gasteiger charge is 2.54. The SMILES string of the molecule is CCCc1ccc(C(=O)CSc2nnc(C34CC5CC(CC(C5)C3)C4)o2)cc1. The Morgan fingerprint density at radius 1 is 1.07 bits per heavy atom. The van der Waals surface area contributed by atoms with Crippen molar-refractivity contribution in [2.24, 2.45) is 17.8 Å². The van der Waals surface area contributed by atoms with Gasteiger partial charge in [-0.15, -0.1) is 10.2 Å². The number of Topliss-reactive ketones (excluding diaryl/α,β-unsaturated/α-hetero) is 1. The maximum Gasteiger partial charge on any atom is 0.277 e. The minimum absolute atomic E-state index is 0.114. The molecule has 0 radical (unpaired) electrons. The molecule has 5 heteroatoms. The number of aryl methyl sites for hydroxylation is 1. The smallest absolute Gasteiger partial charge is 0.277 e. The molecule has 1 aromatic carbocycles. The Kier molecular flexibility index (Phi) is 4.82. The van der Waals surface area contributed by atoms with Crippen LogP contribution in [0.5, 0.6) is 0 Å². The third kappa shape index (κ3) is 3.42. The highest BCUT2D eigenvalue weighted by atomic mass is 32.2. The second-order valence-electron chi connectivity index (χ2n) is 9.23. The molecular formula is C23H28N2O2S. The van der Waals surface area contributed by atoms with Gasteiger partial charge in [0, 0.05) is 11.0 Å². The minimum Gasteiger partial charge on any atom is -0.415 e. The zero-order valence-corrected chi connectivity index (χ0v) is 17.3. The van der Waals surface area contributed by atoms with Crippen LogP contribution < -0.4 is 0 Å². The quantitative estimate of drug-likeness (QED) is 0.459. The normalized spacial score (nSPS) is 30.7. The van der Waals surface area contributed by atoms with E-state index in [1.165, 1.54) is 55.9 Å². The number of ketones is 1. The molecule has 4 fully saturated rings. The van der Waals surface area contributed by atoms with Crippen LogP contribution in [0.15, 0.2) is 33.9 Å². The van der Waals surface area contributed by atoms with Crippen LogP contribution in [0, 0.1) is 17.8 Å². The molecule has 1 aromatic heterocycles. The summed E-state index contributed by atoms with van der Waals surface area (Å²) >= 11 is 1.37. The number of carbonyl (C=O) groups excluding carboxylic acids is 1. The third-order valence-corrected chi connectivity index (χ3v) is 7.86. The molecule has 0 atom stereocenters. The van der Waals surface area contributed by atoms with Gasteiger partial charge in [-0.2, -0.15) is 0 Å². The van der Waals surface area contributed by atoms with Crippen LogP contribution in [0.4, 0.5) is 0 Å². The first-order valence-corrected chi connectivity index (χ1v) is 11.7. The molecule has 4 bridgehead atoms. The Labute approximate surface area is 170 Å². The zero-order valence-electron chi connectivity index (χ0n) is 16.5. The van der Waals surface area contributed by atoms with Gasteiger partial charge < -0.3 is 4.42 Å². The lowest BCUT2D eigenvalue weighted by atomic mass is 9.49. The average molecular weight is 397 g/mol. The van der Waals surface area contributed by atoms with Crippen LogP contribution in [0.2, 0.25) is 0 Å². The predicted octanol–water partition coefficient (Wildman–Crippen LogP) is 5.46. The van der Waals surface area contributed by atoms with Gasteiger partial charge in [0.05, 0.1) is 5.75 Å². The fourth-order valence-electron chi connectivity index (χ4n) is 6.21. The monoisotopic (exact) mass is 396 g/mol. The number of thioether (sulfide) groups is 1. The summed E-state index contributed by atoms with van der Waals surface area (Å²) in [7, 11) is 0. The van der Waals surface area contributed by atoms with Crippen LogP contribution in [0.25, 0.3) is 0 Å². The molecule has 0 amide bonds. The summed E-state index contributed by atoms with van der Waals surface area (Å²) in [6.07, 6.45) is 10.0. The van der Waals surface area contributed by atoms with E-state index in [9.17, 15) is 4.79 Å². The lowest BCUT2D eigenvalue weighted by Crippen LogP contribution is -2.48. The van der Waals surface area contributed by atoms with Crippen LogP contribution in [-0.4, -0.2) is 21.7 Å². The van der Waals surface area contributed by atoms with Gasteiger partial charge in [-0.3, -0.25) is 4.79 Å². The first kappa shape index (κ1) is 18.4. The standard InChI is InChI=1S/C23H28N2O2S/c1-2-3-15-4-6-19(7-5-15)20(26)14-28-22-25-24-21(27-22)23-11-16-8-17(12-23)10-18(9-16)13-23/h4-7,16-18H,2-3,8-14H2,1H3. The Balaban J connectivity index is 1.23. The lowest BCUT2D eigenvalue weighted by molar-refractivity contribution is -0.0191. The number of hydrogen-bond donors (Lipinski definition) is 0. The van der Waals surface area contributed by atoms with Gasteiger partial charge in [0.2, 0.25) is 5.89 Å². The molecule has 4 nitrogen and oxygen atoms in total. The first-order chi connectivity index (χ1) is 13.6. The van der Waals surface area contributed by atoms with Gasteiger partial charge >= 0.3 is 0 Å². The van der Waals surface area contributed by atoms with Crippen molar-refractivity contribution in [3.8, 4) is 0 Å². The molecule has 0 spiro atoms. The van der Waals surface area contributed by atoms with E-state index in [0.29, 0.717) is 11.0 Å². The molecule has 1 heterocycles. The van der Waals surface area contributed by atoms with Gasteiger partial charge in [0.15, 0.2) is 5.78 Å². The molecule has 0 N–H and O–H groups in total. The van der Waals surface area contributed by atoms with Crippen molar-refractivity contribution in [2.75, 3.05) is 5.75 Å². The van der Waals surface area contributed by atoms with Crippen molar-refractivity contribution in [3.05, 3.63) is 41.3 Å². The maximum absolute atomic E-state index is 12.5. The summed E-state index contributed by atoms with van der Waals surface area (Å²) in [5.74, 6) is 3.85. The molecule has 28 heavy (non-hydrogen) atoms. The van der Waals surface area contributed by atoms with Crippen LogP contribution >= 0.6 is 11.8 Å². The summed E-state index contributed by atoms with van der Waals surface area (Å²) in [5, 5.41) is 9.25. The maximum atomic E-state index is 12.5. The van der Waals surface area contributed by atoms with E-state index in [1.807, 2.05) is 12.1 Å². The van der Waals surface area contributed by atoms with Crippen LogP contribution in [0.1, 0.15) is 73.7 Å². The van der Waals surface area contributed by atoms with Gasteiger partial charge in [-0.1, -0.05) is 49.4 Å². The number of nitrogens with zero attached hydrogens (tertiary/aromatic N) is 2. The minimum atomic E-state index is 0.114. The van der Waals surface area contributed by atoms with Gasteiger partial charge in [-0.05, 0) is 68.3 Å².